The van der Waals surface area contributed by atoms with E-state index in [9.17, 15) is 0 Å². The van der Waals surface area contributed by atoms with E-state index in [2.05, 4.69) is 72.5 Å². The second kappa shape index (κ2) is 6.28. The molecular weight excluding hydrogens is 242 g/mol. The molecule has 20 heavy (non-hydrogen) atoms. The largest absolute Gasteiger partial charge is 0.265 e. The summed E-state index contributed by atoms with van der Waals surface area (Å²) in [4.78, 5) is 4.19. The van der Waals surface area contributed by atoms with Gasteiger partial charge in [-0.15, -0.1) is 0 Å². The average molecular weight is 275 g/mol. The summed E-state index contributed by atoms with van der Waals surface area (Å²) in [6.45, 7) is 19.0. The molecule has 0 radical (unpaired) electrons. The molecule has 0 fully saturated rings. The molecule has 1 nitrogen and oxygen atoms in total. The summed E-state index contributed by atoms with van der Waals surface area (Å²) in [5, 5.41) is 0. The highest BCUT2D eigenvalue weighted by Gasteiger charge is 2.38. The zero-order valence-corrected chi connectivity index (χ0v) is 14.7. The lowest BCUT2D eigenvalue weighted by atomic mass is 9.61. The summed E-state index contributed by atoms with van der Waals surface area (Å²) in [7, 11) is 0. The lowest BCUT2D eigenvalue weighted by molar-refractivity contribution is 0.118. The monoisotopic (exact) mass is 275 g/mol. The summed E-state index contributed by atoms with van der Waals surface area (Å²) in [6, 6.07) is 4.40. The molecule has 0 aromatic carbocycles. The van der Waals surface area contributed by atoms with Crippen molar-refractivity contribution in [1.29, 1.82) is 0 Å². The summed E-state index contributed by atoms with van der Waals surface area (Å²) >= 11 is 0. The smallest absolute Gasteiger partial charge is 0.0270 e. The van der Waals surface area contributed by atoms with Crippen molar-refractivity contribution in [2.45, 2.75) is 67.7 Å². The molecule has 0 aliphatic heterocycles. The van der Waals surface area contributed by atoms with Crippen molar-refractivity contribution >= 4 is 0 Å². The van der Waals surface area contributed by atoms with Crippen LogP contribution in [-0.2, 0) is 0 Å². The van der Waals surface area contributed by atoms with Gasteiger partial charge in [0.25, 0.3) is 0 Å². The maximum Gasteiger partial charge on any atom is 0.0270 e. The van der Waals surface area contributed by atoms with Gasteiger partial charge in [-0.05, 0) is 52.7 Å². The Hall–Kier alpha value is -0.850. The Morgan fingerprint density at radius 1 is 0.900 bits per heavy atom. The SMILES string of the molecule is CC(C)C(C)(C)CC(c1ccncc1)C(C)(C)C(C)C. The number of pyridine rings is 1. The van der Waals surface area contributed by atoms with Crippen LogP contribution in [0.15, 0.2) is 24.5 Å². The maximum absolute atomic E-state index is 4.19. The molecule has 0 saturated carbocycles. The quantitative estimate of drug-likeness (QED) is 0.628. The van der Waals surface area contributed by atoms with Gasteiger partial charge >= 0.3 is 0 Å². The molecule has 1 aromatic rings. The topological polar surface area (TPSA) is 12.9 Å². The fourth-order valence-electron chi connectivity index (χ4n) is 2.57. The molecule has 1 atom stereocenters. The van der Waals surface area contributed by atoms with Crippen LogP contribution >= 0.6 is 0 Å². The third-order valence-electron chi connectivity index (χ3n) is 5.79. The van der Waals surface area contributed by atoms with E-state index in [1.165, 1.54) is 12.0 Å². The van der Waals surface area contributed by atoms with Crippen LogP contribution in [0.4, 0.5) is 0 Å². The highest BCUT2D eigenvalue weighted by Crippen LogP contribution is 2.49. The van der Waals surface area contributed by atoms with E-state index in [0.717, 1.165) is 0 Å². The van der Waals surface area contributed by atoms with Crippen LogP contribution in [0, 0.1) is 22.7 Å². The molecule has 1 rings (SSSR count). The molecular formula is C19H33N. The van der Waals surface area contributed by atoms with Gasteiger partial charge in [0, 0.05) is 12.4 Å². The van der Waals surface area contributed by atoms with Gasteiger partial charge in [0.1, 0.15) is 0 Å². The van der Waals surface area contributed by atoms with Gasteiger partial charge in [-0.25, -0.2) is 0 Å². The van der Waals surface area contributed by atoms with Crippen LogP contribution < -0.4 is 0 Å². The van der Waals surface area contributed by atoms with Gasteiger partial charge < -0.3 is 0 Å². The molecule has 1 heteroatoms. The second-order valence-electron chi connectivity index (χ2n) is 8.16. The number of hydrogen-bond acceptors (Lipinski definition) is 1. The van der Waals surface area contributed by atoms with Gasteiger partial charge in [0.15, 0.2) is 0 Å². The van der Waals surface area contributed by atoms with Gasteiger partial charge in [0.05, 0.1) is 0 Å². The average Bonchev–Trinajstić information content (AvgIpc) is 2.36. The fraction of sp³-hybridized carbons (Fsp3) is 0.737. The first kappa shape index (κ1) is 17.2. The third kappa shape index (κ3) is 3.84. The minimum atomic E-state index is 0.285. The van der Waals surface area contributed by atoms with E-state index in [1.807, 2.05) is 12.4 Å². The fourth-order valence-corrected chi connectivity index (χ4v) is 2.57. The zero-order valence-electron chi connectivity index (χ0n) is 14.7. The van der Waals surface area contributed by atoms with Gasteiger partial charge in [-0.1, -0.05) is 55.4 Å². The van der Waals surface area contributed by atoms with Gasteiger partial charge in [0.2, 0.25) is 0 Å². The molecule has 0 spiro atoms. The highest BCUT2D eigenvalue weighted by atomic mass is 14.6. The standard InChI is InChI=1S/C19H33N/c1-14(2)18(5,6)13-17(19(7,8)15(3)4)16-9-11-20-12-10-16/h9-12,14-15,17H,13H2,1-8H3. The summed E-state index contributed by atoms with van der Waals surface area (Å²) in [6.07, 6.45) is 5.09. The third-order valence-corrected chi connectivity index (χ3v) is 5.79. The molecule has 1 unspecified atom stereocenters. The Labute approximate surface area is 126 Å². The van der Waals surface area contributed by atoms with Crippen molar-refractivity contribution in [1.82, 2.24) is 4.98 Å². The summed E-state index contributed by atoms with van der Waals surface area (Å²) < 4.78 is 0. The van der Waals surface area contributed by atoms with Crippen LogP contribution in [0.3, 0.4) is 0 Å². The first-order valence-corrected chi connectivity index (χ1v) is 7.99. The Bertz CT molecular complexity index is 401. The van der Waals surface area contributed by atoms with Crippen LogP contribution in [-0.4, -0.2) is 4.98 Å². The van der Waals surface area contributed by atoms with Crippen molar-refractivity contribution in [3.63, 3.8) is 0 Å². The van der Waals surface area contributed by atoms with Crippen molar-refractivity contribution in [2.24, 2.45) is 22.7 Å². The second-order valence-corrected chi connectivity index (χ2v) is 8.16. The van der Waals surface area contributed by atoms with Crippen LogP contribution in [0.25, 0.3) is 0 Å². The molecule has 114 valence electrons. The molecule has 0 bridgehead atoms. The minimum absolute atomic E-state index is 0.285. The Morgan fingerprint density at radius 3 is 1.80 bits per heavy atom. The van der Waals surface area contributed by atoms with Crippen molar-refractivity contribution < 1.29 is 0 Å². The van der Waals surface area contributed by atoms with Crippen LogP contribution in [0.2, 0.25) is 0 Å². The van der Waals surface area contributed by atoms with Crippen molar-refractivity contribution in [2.75, 3.05) is 0 Å². The molecule has 0 aliphatic rings. The van der Waals surface area contributed by atoms with E-state index in [0.29, 0.717) is 23.2 Å². The van der Waals surface area contributed by atoms with Crippen molar-refractivity contribution in [3.05, 3.63) is 30.1 Å². The van der Waals surface area contributed by atoms with E-state index >= 15 is 0 Å². The molecule has 0 amide bonds. The highest BCUT2D eigenvalue weighted by molar-refractivity contribution is 5.19. The maximum atomic E-state index is 4.19. The molecule has 0 saturated heterocycles. The number of aromatic nitrogens is 1. The first-order chi connectivity index (χ1) is 9.09. The predicted molar refractivity (Wildman–Crippen MR) is 88.8 cm³/mol. The van der Waals surface area contributed by atoms with Crippen LogP contribution in [0.1, 0.15) is 73.3 Å². The molecule has 0 aliphatic carbocycles. The van der Waals surface area contributed by atoms with E-state index in [4.69, 9.17) is 0 Å². The number of rotatable bonds is 6. The van der Waals surface area contributed by atoms with E-state index < -0.39 is 0 Å². The predicted octanol–water partition coefficient (Wildman–Crippen LogP) is 5.92. The number of nitrogens with zero attached hydrogens (tertiary/aromatic N) is 1. The minimum Gasteiger partial charge on any atom is -0.265 e. The molecule has 1 heterocycles. The zero-order chi connectivity index (χ0) is 15.6. The molecule has 1 aromatic heterocycles. The van der Waals surface area contributed by atoms with Gasteiger partial charge in [-0.3, -0.25) is 4.98 Å². The van der Waals surface area contributed by atoms with Crippen molar-refractivity contribution in [3.8, 4) is 0 Å². The summed E-state index contributed by atoms with van der Waals surface area (Å²) in [5.74, 6) is 1.92. The Morgan fingerprint density at radius 2 is 1.40 bits per heavy atom. The van der Waals surface area contributed by atoms with Gasteiger partial charge in [-0.2, -0.15) is 0 Å². The molecule has 0 N–H and O–H groups in total. The normalized spacial score (nSPS) is 14.9. The first-order valence-electron chi connectivity index (χ1n) is 7.99. The Kier molecular flexibility index (Phi) is 5.40. The van der Waals surface area contributed by atoms with Crippen LogP contribution in [0.5, 0.6) is 0 Å². The lowest BCUT2D eigenvalue weighted by Crippen LogP contribution is -2.33. The van der Waals surface area contributed by atoms with E-state index in [1.54, 1.807) is 0 Å². The summed E-state index contributed by atoms with van der Waals surface area (Å²) in [5.41, 5.74) is 2.07. The number of hydrogen-bond donors (Lipinski definition) is 0. The lowest BCUT2D eigenvalue weighted by Gasteiger charge is -2.43. The van der Waals surface area contributed by atoms with E-state index in [-0.39, 0.29) is 5.41 Å². The Balaban J connectivity index is 3.16.